The SMILES string of the molecule is Cc1cccc(OCc2nnc(SC(C)c3ccc(OC(F)(F)F)cc3)o2)c1. The summed E-state index contributed by atoms with van der Waals surface area (Å²) in [6, 6.07) is 13.3. The largest absolute Gasteiger partial charge is 0.573 e. The number of ether oxygens (including phenoxy) is 2. The van der Waals surface area contributed by atoms with Crippen molar-refractivity contribution in [3.05, 3.63) is 65.5 Å². The van der Waals surface area contributed by atoms with Crippen molar-refractivity contribution in [2.75, 3.05) is 0 Å². The van der Waals surface area contributed by atoms with E-state index in [1.807, 2.05) is 38.1 Å². The highest BCUT2D eigenvalue weighted by Crippen LogP contribution is 2.35. The first-order chi connectivity index (χ1) is 13.3. The number of alkyl halides is 3. The van der Waals surface area contributed by atoms with Crippen LogP contribution in [0.2, 0.25) is 0 Å². The number of aromatic nitrogens is 2. The monoisotopic (exact) mass is 410 g/mol. The second-order valence-electron chi connectivity index (χ2n) is 5.94. The summed E-state index contributed by atoms with van der Waals surface area (Å²) in [5.41, 5.74) is 1.88. The van der Waals surface area contributed by atoms with E-state index < -0.39 is 6.36 Å². The zero-order valence-electron chi connectivity index (χ0n) is 15.1. The molecule has 3 rings (SSSR count). The molecule has 0 aliphatic heterocycles. The zero-order valence-corrected chi connectivity index (χ0v) is 15.9. The predicted molar refractivity (Wildman–Crippen MR) is 97.2 cm³/mol. The van der Waals surface area contributed by atoms with Crippen molar-refractivity contribution in [3.63, 3.8) is 0 Å². The van der Waals surface area contributed by atoms with Gasteiger partial charge in [-0.1, -0.05) is 36.0 Å². The fraction of sp³-hybridized carbons (Fsp3) is 0.263. The summed E-state index contributed by atoms with van der Waals surface area (Å²) in [4.78, 5) is 0. The maximum atomic E-state index is 12.2. The van der Waals surface area contributed by atoms with E-state index in [4.69, 9.17) is 9.15 Å². The molecule has 1 heterocycles. The summed E-state index contributed by atoms with van der Waals surface area (Å²) in [5.74, 6) is 0.786. The van der Waals surface area contributed by atoms with Gasteiger partial charge in [0.15, 0.2) is 6.61 Å². The number of thioether (sulfide) groups is 1. The standard InChI is InChI=1S/C19H17F3N2O3S/c1-12-4-3-5-16(10-12)25-11-17-23-24-18(26-17)28-13(2)14-6-8-15(9-7-14)27-19(20,21)22/h3-10,13H,11H2,1-2H3. The molecule has 5 nitrogen and oxygen atoms in total. The van der Waals surface area contributed by atoms with Crippen molar-refractivity contribution in [1.82, 2.24) is 10.2 Å². The molecule has 1 unspecified atom stereocenters. The fourth-order valence-electron chi connectivity index (χ4n) is 2.35. The quantitative estimate of drug-likeness (QED) is 0.465. The van der Waals surface area contributed by atoms with Crippen LogP contribution in [0.25, 0.3) is 0 Å². The Morgan fingerprint density at radius 3 is 2.50 bits per heavy atom. The van der Waals surface area contributed by atoms with E-state index in [-0.39, 0.29) is 17.6 Å². The average molecular weight is 410 g/mol. The van der Waals surface area contributed by atoms with Crippen LogP contribution in [-0.4, -0.2) is 16.6 Å². The molecule has 2 aromatic carbocycles. The molecule has 1 aromatic heterocycles. The Bertz CT molecular complexity index is 913. The Balaban J connectivity index is 1.55. The molecular formula is C19H17F3N2O3S. The number of aryl methyl sites for hydroxylation is 1. The van der Waals surface area contributed by atoms with Gasteiger partial charge in [0.25, 0.3) is 11.1 Å². The van der Waals surface area contributed by atoms with Gasteiger partial charge in [-0.2, -0.15) is 0 Å². The van der Waals surface area contributed by atoms with Gasteiger partial charge < -0.3 is 13.9 Å². The summed E-state index contributed by atoms with van der Waals surface area (Å²) < 4.78 is 51.7. The molecule has 0 spiro atoms. The third-order valence-electron chi connectivity index (χ3n) is 3.66. The van der Waals surface area contributed by atoms with Crippen LogP contribution in [0.3, 0.4) is 0 Å². The second-order valence-corrected chi connectivity index (χ2v) is 7.24. The first kappa shape index (κ1) is 20.1. The minimum Gasteiger partial charge on any atom is -0.484 e. The number of rotatable bonds is 7. The Kier molecular flexibility index (Phi) is 6.13. The second kappa shape index (κ2) is 8.55. The fourth-order valence-corrected chi connectivity index (χ4v) is 3.18. The van der Waals surface area contributed by atoms with Crippen molar-refractivity contribution in [2.24, 2.45) is 0 Å². The molecule has 0 N–H and O–H groups in total. The summed E-state index contributed by atoms with van der Waals surface area (Å²) in [6.45, 7) is 4.00. The normalized spacial score (nSPS) is 12.6. The summed E-state index contributed by atoms with van der Waals surface area (Å²) >= 11 is 1.30. The van der Waals surface area contributed by atoms with Gasteiger partial charge in [0.05, 0.1) is 0 Å². The molecule has 0 radical (unpaired) electrons. The summed E-state index contributed by atoms with van der Waals surface area (Å²) in [6.07, 6.45) is -4.71. The molecule has 3 aromatic rings. The van der Waals surface area contributed by atoms with Gasteiger partial charge in [0.1, 0.15) is 11.5 Å². The molecule has 148 valence electrons. The van der Waals surface area contributed by atoms with Crippen molar-refractivity contribution >= 4 is 11.8 Å². The van der Waals surface area contributed by atoms with Crippen LogP contribution >= 0.6 is 11.8 Å². The van der Waals surface area contributed by atoms with E-state index in [9.17, 15) is 13.2 Å². The molecule has 0 aliphatic carbocycles. The maximum Gasteiger partial charge on any atom is 0.573 e. The molecule has 28 heavy (non-hydrogen) atoms. The number of halogens is 3. The lowest BCUT2D eigenvalue weighted by Crippen LogP contribution is -2.17. The van der Waals surface area contributed by atoms with Crippen molar-refractivity contribution < 1.29 is 27.1 Å². The predicted octanol–water partition coefficient (Wildman–Crippen LogP) is 5.71. The van der Waals surface area contributed by atoms with Crippen LogP contribution in [0.15, 0.2) is 58.2 Å². The minimum atomic E-state index is -4.71. The number of nitrogens with zero attached hydrogens (tertiary/aromatic N) is 2. The molecule has 0 saturated carbocycles. The third-order valence-corrected chi connectivity index (χ3v) is 4.65. The molecule has 0 aliphatic rings. The van der Waals surface area contributed by atoms with Crippen LogP contribution < -0.4 is 9.47 Å². The van der Waals surface area contributed by atoms with Crippen molar-refractivity contribution in [2.45, 2.75) is 37.3 Å². The van der Waals surface area contributed by atoms with Crippen LogP contribution in [-0.2, 0) is 6.61 Å². The molecule has 0 fully saturated rings. The highest BCUT2D eigenvalue weighted by atomic mass is 32.2. The van der Waals surface area contributed by atoms with Crippen LogP contribution in [0.4, 0.5) is 13.2 Å². The van der Waals surface area contributed by atoms with E-state index >= 15 is 0 Å². The molecule has 0 amide bonds. The molecular weight excluding hydrogens is 393 g/mol. The highest BCUT2D eigenvalue weighted by Gasteiger charge is 2.31. The van der Waals surface area contributed by atoms with Crippen LogP contribution in [0.5, 0.6) is 11.5 Å². The Hall–Kier alpha value is -2.68. The third kappa shape index (κ3) is 5.91. The lowest BCUT2D eigenvalue weighted by Gasteiger charge is -2.11. The van der Waals surface area contributed by atoms with Gasteiger partial charge in [-0.15, -0.1) is 23.4 Å². The molecule has 9 heteroatoms. The van der Waals surface area contributed by atoms with Gasteiger partial charge in [-0.3, -0.25) is 0 Å². The van der Waals surface area contributed by atoms with Crippen LogP contribution in [0, 0.1) is 6.92 Å². The lowest BCUT2D eigenvalue weighted by molar-refractivity contribution is -0.274. The Morgan fingerprint density at radius 2 is 1.82 bits per heavy atom. The van der Waals surface area contributed by atoms with Gasteiger partial charge in [0.2, 0.25) is 0 Å². The summed E-state index contributed by atoms with van der Waals surface area (Å²) in [5, 5.41) is 8.16. The van der Waals surface area contributed by atoms with E-state index in [0.717, 1.165) is 11.1 Å². The Labute approximate surface area is 163 Å². The number of hydrogen-bond acceptors (Lipinski definition) is 6. The van der Waals surface area contributed by atoms with Crippen LogP contribution in [0.1, 0.15) is 29.2 Å². The lowest BCUT2D eigenvalue weighted by atomic mass is 10.2. The first-order valence-electron chi connectivity index (χ1n) is 8.33. The highest BCUT2D eigenvalue weighted by molar-refractivity contribution is 7.99. The average Bonchev–Trinajstić information content (AvgIpc) is 3.07. The Morgan fingerprint density at radius 1 is 1.07 bits per heavy atom. The number of benzene rings is 2. The van der Waals surface area contributed by atoms with E-state index in [0.29, 0.717) is 16.9 Å². The zero-order chi connectivity index (χ0) is 20.1. The van der Waals surface area contributed by atoms with E-state index in [1.54, 1.807) is 12.1 Å². The number of hydrogen-bond donors (Lipinski definition) is 0. The topological polar surface area (TPSA) is 57.4 Å². The molecule has 0 bridgehead atoms. The first-order valence-corrected chi connectivity index (χ1v) is 9.21. The molecule has 1 atom stereocenters. The summed E-state index contributed by atoms with van der Waals surface area (Å²) in [7, 11) is 0. The minimum absolute atomic E-state index is 0.106. The smallest absolute Gasteiger partial charge is 0.484 e. The maximum absolute atomic E-state index is 12.2. The van der Waals surface area contributed by atoms with Gasteiger partial charge in [0, 0.05) is 5.25 Å². The van der Waals surface area contributed by atoms with Gasteiger partial charge in [-0.25, -0.2) is 0 Å². The van der Waals surface area contributed by atoms with Gasteiger partial charge >= 0.3 is 6.36 Å². The van der Waals surface area contributed by atoms with Crippen molar-refractivity contribution in [1.29, 1.82) is 0 Å². The van der Waals surface area contributed by atoms with Crippen molar-refractivity contribution in [3.8, 4) is 11.5 Å². The van der Waals surface area contributed by atoms with Gasteiger partial charge in [-0.05, 0) is 49.2 Å². The van der Waals surface area contributed by atoms with E-state index in [2.05, 4.69) is 14.9 Å². The van der Waals surface area contributed by atoms with E-state index in [1.165, 1.54) is 23.9 Å². The molecule has 0 saturated heterocycles.